The molecule has 2 aromatic rings. The summed E-state index contributed by atoms with van der Waals surface area (Å²) in [5, 5.41) is 11.4. The van der Waals surface area contributed by atoms with Gasteiger partial charge in [0.15, 0.2) is 17.2 Å². The van der Waals surface area contributed by atoms with Crippen LogP contribution in [-0.4, -0.2) is 55.3 Å². The summed E-state index contributed by atoms with van der Waals surface area (Å²) in [4.78, 5) is 17.1. The maximum atomic E-state index is 11.0. The molecule has 130 valence electrons. The second kappa shape index (κ2) is 8.32. The number of hydrogen-bond donors (Lipinski definition) is 1. The molecule has 0 unspecified atom stereocenters. The lowest BCUT2D eigenvalue weighted by atomic mass is 10.2. The van der Waals surface area contributed by atoms with Gasteiger partial charge in [-0.1, -0.05) is 11.6 Å². The number of carbonyl (C=O) groups is 1. The van der Waals surface area contributed by atoms with E-state index in [-0.39, 0.29) is 5.69 Å². The molecule has 0 radical (unpaired) electrons. The highest BCUT2D eigenvalue weighted by Gasteiger charge is 2.16. The molecule has 0 saturated carbocycles. The largest absolute Gasteiger partial charge is 0.493 e. The van der Waals surface area contributed by atoms with E-state index in [2.05, 4.69) is 9.88 Å². The first-order valence-corrected chi connectivity index (χ1v) is 8.52. The SMILES string of the molecule is COc1cc(-c2nc(C(=O)O)cs2)cc(Cl)c1OCCCN(C)C. The van der Waals surface area contributed by atoms with Crippen LogP contribution in [0, 0.1) is 0 Å². The van der Waals surface area contributed by atoms with Crippen molar-refractivity contribution in [3.63, 3.8) is 0 Å². The number of ether oxygens (including phenoxy) is 2. The van der Waals surface area contributed by atoms with Crippen LogP contribution in [0.15, 0.2) is 17.5 Å². The average Bonchev–Trinajstić information content (AvgIpc) is 3.02. The predicted molar refractivity (Wildman–Crippen MR) is 94.7 cm³/mol. The van der Waals surface area contributed by atoms with E-state index in [0.29, 0.717) is 33.7 Å². The van der Waals surface area contributed by atoms with Crippen molar-refractivity contribution in [2.45, 2.75) is 6.42 Å². The summed E-state index contributed by atoms with van der Waals surface area (Å²) in [6, 6.07) is 3.45. The van der Waals surface area contributed by atoms with E-state index in [1.54, 1.807) is 12.1 Å². The molecule has 8 heteroatoms. The Morgan fingerprint density at radius 1 is 1.42 bits per heavy atom. The highest BCUT2D eigenvalue weighted by Crippen LogP contribution is 2.40. The van der Waals surface area contributed by atoms with Crippen molar-refractivity contribution in [1.82, 2.24) is 9.88 Å². The standard InChI is InChI=1S/C16H19ClN2O4S/c1-19(2)5-4-6-23-14-11(17)7-10(8-13(14)22-3)15-18-12(9-24-15)16(20)21/h7-9H,4-6H2,1-3H3,(H,20,21). The maximum absolute atomic E-state index is 11.0. The summed E-state index contributed by atoms with van der Waals surface area (Å²) in [7, 11) is 5.54. The summed E-state index contributed by atoms with van der Waals surface area (Å²) >= 11 is 7.56. The number of carboxylic acids is 1. The van der Waals surface area contributed by atoms with E-state index in [1.165, 1.54) is 23.8 Å². The molecule has 1 aromatic carbocycles. The Morgan fingerprint density at radius 3 is 2.75 bits per heavy atom. The number of thiazole rings is 1. The van der Waals surface area contributed by atoms with Gasteiger partial charge in [-0.15, -0.1) is 11.3 Å². The molecule has 0 aliphatic carbocycles. The van der Waals surface area contributed by atoms with E-state index >= 15 is 0 Å². The molecule has 24 heavy (non-hydrogen) atoms. The lowest BCUT2D eigenvalue weighted by Gasteiger charge is -2.15. The fourth-order valence-electron chi connectivity index (χ4n) is 2.04. The summed E-state index contributed by atoms with van der Waals surface area (Å²) in [5.41, 5.74) is 0.698. The topological polar surface area (TPSA) is 71.9 Å². The molecule has 0 atom stereocenters. The third-order valence-corrected chi connectivity index (χ3v) is 4.37. The highest BCUT2D eigenvalue weighted by atomic mass is 35.5. The first kappa shape index (κ1) is 18.5. The van der Waals surface area contributed by atoms with Crippen molar-refractivity contribution in [1.29, 1.82) is 0 Å². The molecule has 0 spiro atoms. The van der Waals surface area contributed by atoms with Crippen molar-refractivity contribution >= 4 is 28.9 Å². The monoisotopic (exact) mass is 370 g/mol. The molecule has 0 aliphatic heterocycles. The summed E-state index contributed by atoms with van der Waals surface area (Å²) < 4.78 is 11.1. The smallest absolute Gasteiger partial charge is 0.355 e. The fourth-order valence-corrected chi connectivity index (χ4v) is 3.09. The van der Waals surface area contributed by atoms with Gasteiger partial charge in [0.2, 0.25) is 0 Å². The fraction of sp³-hybridized carbons (Fsp3) is 0.375. The lowest BCUT2D eigenvalue weighted by Crippen LogP contribution is -2.15. The second-order valence-corrected chi connectivity index (χ2v) is 6.60. The van der Waals surface area contributed by atoms with Gasteiger partial charge in [0.1, 0.15) is 5.01 Å². The average molecular weight is 371 g/mol. The molecule has 1 aromatic heterocycles. The Balaban J connectivity index is 2.21. The Kier molecular flexibility index (Phi) is 6.42. The number of benzene rings is 1. The number of rotatable bonds is 8. The number of methoxy groups -OCH3 is 1. The normalized spacial score (nSPS) is 10.9. The van der Waals surface area contributed by atoms with Crippen LogP contribution in [0.4, 0.5) is 0 Å². The van der Waals surface area contributed by atoms with Gasteiger partial charge < -0.3 is 19.5 Å². The van der Waals surface area contributed by atoms with Gasteiger partial charge in [-0.3, -0.25) is 0 Å². The first-order chi connectivity index (χ1) is 11.4. The third kappa shape index (κ3) is 4.59. The molecule has 0 bridgehead atoms. The van der Waals surface area contributed by atoms with Crippen molar-refractivity contribution < 1.29 is 19.4 Å². The zero-order chi connectivity index (χ0) is 17.7. The van der Waals surface area contributed by atoms with Gasteiger partial charge in [0.25, 0.3) is 0 Å². The molecule has 6 nitrogen and oxygen atoms in total. The molecular weight excluding hydrogens is 352 g/mol. The summed E-state index contributed by atoms with van der Waals surface area (Å²) in [5.74, 6) is -0.0810. The van der Waals surface area contributed by atoms with Crippen LogP contribution in [-0.2, 0) is 0 Å². The molecule has 0 fully saturated rings. The van der Waals surface area contributed by atoms with Crippen LogP contribution >= 0.6 is 22.9 Å². The maximum Gasteiger partial charge on any atom is 0.355 e. The van der Waals surface area contributed by atoms with E-state index in [9.17, 15) is 4.79 Å². The molecule has 1 N–H and O–H groups in total. The lowest BCUT2D eigenvalue weighted by molar-refractivity contribution is 0.0691. The Bertz CT molecular complexity index is 718. The van der Waals surface area contributed by atoms with Crippen molar-refractivity contribution in [3.8, 4) is 22.1 Å². The van der Waals surface area contributed by atoms with Crippen LogP contribution in [0.25, 0.3) is 10.6 Å². The Morgan fingerprint density at radius 2 is 2.17 bits per heavy atom. The first-order valence-electron chi connectivity index (χ1n) is 7.26. The number of halogens is 1. The third-order valence-electron chi connectivity index (χ3n) is 3.20. The van der Waals surface area contributed by atoms with Crippen LogP contribution < -0.4 is 9.47 Å². The molecule has 2 rings (SSSR count). The van der Waals surface area contributed by atoms with Crippen LogP contribution in [0.2, 0.25) is 5.02 Å². The highest BCUT2D eigenvalue weighted by molar-refractivity contribution is 7.13. The van der Waals surface area contributed by atoms with Gasteiger partial charge in [0, 0.05) is 17.5 Å². The van der Waals surface area contributed by atoms with E-state index in [1.807, 2.05) is 14.1 Å². The number of nitrogens with zero attached hydrogens (tertiary/aromatic N) is 2. The van der Waals surface area contributed by atoms with Crippen LogP contribution in [0.3, 0.4) is 0 Å². The number of aromatic nitrogens is 1. The summed E-state index contributed by atoms with van der Waals surface area (Å²) in [6.07, 6.45) is 0.864. The number of carboxylic acid groups (broad SMARTS) is 1. The minimum Gasteiger partial charge on any atom is -0.493 e. The minimum atomic E-state index is -1.06. The van der Waals surface area contributed by atoms with Crippen LogP contribution in [0.1, 0.15) is 16.9 Å². The van der Waals surface area contributed by atoms with Crippen molar-refractivity contribution in [2.75, 3.05) is 34.4 Å². The van der Waals surface area contributed by atoms with Crippen LogP contribution in [0.5, 0.6) is 11.5 Å². The molecule has 0 amide bonds. The number of aromatic carboxylic acids is 1. The molecular formula is C16H19ClN2O4S. The Labute approximate surface area is 149 Å². The van der Waals surface area contributed by atoms with Gasteiger partial charge in [-0.25, -0.2) is 9.78 Å². The van der Waals surface area contributed by atoms with Gasteiger partial charge in [-0.05, 0) is 32.6 Å². The zero-order valence-corrected chi connectivity index (χ0v) is 15.3. The van der Waals surface area contributed by atoms with Gasteiger partial charge >= 0.3 is 5.97 Å². The van der Waals surface area contributed by atoms with E-state index in [4.69, 9.17) is 26.2 Å². The van der Waals surface area contributed by atoms with Gasteiger partial charge in [0.05, 0.1) is 18.7 Å². The summed E-state index contributed by atoms with van der Waals surface area (Å²) in [6.45, 7) is 1.43. The molecule has 0 aliphatic rings. The molecule has 0 saturated heterocycles. The predicted octanol–water partition coefficient (Wildman–Crippen LogP) is 3.50. The Hall–Kier alpha value is -1.83. The minimum absolute atomic E-state index is 0.00843. The van der Waals surface area contributed by atoms with Crippen molar-refractivity contribution in [3.05, 3.63) is 28.2 Å². The van der Waals surface area contributed by atoms with Gasteiger partial charge in [-0.2, -0.15) is 0 Å². The van der Waals surface area contributed by atoms with E-state index in [0.717, 1.165) is 13.0 Å². The van der Waals surface area contributed by atoms with Crippen molar-refractivity contribution in [2.24, 2.45) is 0 Å². The quantitative estimate of drug-likeness (QED) is 0.717. The molecule has 1 heterocycles. The number of hydrogen-bond acceptors (Lipinski definition) is 6. The zero-order valence-electron chi connectivity index (χ0n) is 13.7. The second-order valence-electron chi connectivity index (χ2n) is 5.34. The van der Waals surface area contributed by atoms with E-state index < -0.39 is 5.97 Å².